The van der Waals surface area contributed by atoms with Gasteiger partial charge in [-0.1, -0.05) is 37.3 Å². The molecule has 2 nitrogen and oxygen atoms in total. The third-order valence-corrected chi connectivity index (χ3v) is 3.59. The van der Waals surface area contributed by atoms with Gasteiger partial charge in [0, 0.05) is 19.1 Å². The molecule has 1 aromatic rings. The van der Waals surface area contributed by atoms with Crippen molar-refractivity contribution in [1.82, 2.24) is 10.2 Å². The second-order valence-electron chi connectivity index (χ2n) is 4.90. The van der Waals surface area contributed by atoms with Gasteiger partial charge in [-0.25, -0.2) is 0 Å². The first-order chi connectivity index (χ1) is 7.77. The summed E-state index contributed by atoms with van der Waals surface area (Å²) in [6, 6.07) is 11.5. The van der Waals surface area contributed by atoms with Crippen LogP contribution in [0.25, 0.3) is 0 Å². The van der Waals surface area contributed by atoms with Gasteiger partial charge in [-0.05, 0) is 31.5 Å². The Hall–Kier alpha value is -0.860. The van der Waals surface area contributed by atoms with E-state index in [0.29, 0.717) is 5.92 Å². The van der Waals surface area contributed by atoms with Gasteiger partial charge < -0.3 is 10.2 Å². The van der Waals surface area contributed by atoms with Gasteiger partial charge >= 0.3 is 0 Å². The molecule has 1 N–H and O–H groups in total. The normalized spacial score (nSPS) is 22.6. The van der Waals surface area contributed by atoms with Gasteiger partial charge in [0.2, 0.25) is 0 Å². The summed E-state index contributed by atoms with van der Waals surface area (Å²) in [5, 5.41) is 3.42. The Morgan fingerprint density at radius 3 is 2.75 bits per heavy atom. The number of nitrogens with zero attached hydrogens (tertiary/aromatic N) is 1. The van der Waals surface area contributed by atoms with E-state index in [4.69, 9.17) is 0 Å². The van der Waals surface area contributed by atoms with Crippen molar-refractivity contribution in [1.29, 1.82) is 0 Å². The quantitative estimate of drug-likeness (QED) is 0.832. The summed E-state index contributed by atoms with van der Waals surface area (Å²) < 4.78 is 0. The molecule has 0 aliphatic carbocycles. The van der Waals surface area contributed by atoms with Gasteiger partial charge in [0.05, 0.1) is 0 Å². The summed E-state index contributed by atoms with van der Waals surface area (Å²) in [5.41, 5.74) is 1.44. The lowest BCUT2D eigenvalue weighted by Crippen LogP contribution is -2.35. The zero-order chi connectivity index (χ0) is 11.4. The van der Waals surface area contributed by atoms with Gasteiger partial charge in [-0.2, -0.15) is 0 Å². The van der Waals surface area contributed by atoms with Crippen LogP contribution in [0.3, 0.4) is 0 Å². The molecular formula is C14H22N2. The van der Waals surface area contributed by atoms with Gasteiger partial charge in [0.15, 0.2) is 0 Å². The molecule has 0 aromatic heterocycles. The smallest absolute Gasteiger partial charge is 0.0229 e. The van der Waals surface area contributed by atoms with Crippen molar-refractivity contribution in [2.75, 3.05) is 26.7 Å². The number of rotatable bonds is 4. The maximum atomic E-state index is 3.42. The molecule has 1 fully saturated rings. The molecule has 1 heterocycles. The number of hydrogen-bond donors (Lipinski definition) is 1. The Kier molecular flexibility index (Phi) is 3.97. The lowest BCUT2D eigenvalue weighted by atomic mass is 10.0. The Morgan fingerprint density at radius 1 is 1.38 bits per heavy atom. The Bertz CT molecular complexity index is 304. The van der Waals surface area contributed by atoms with E-state index in [0.717, 1.165) is 19.1 Å². The number of nitrogens with one attached hydrogen (secondary N) is 1. The maximum Gasteiger partial charge on any atom is 0.0229 e. The number of benzene rings is 1. The van der Waals surface area contributed by atoms with Gasteiger partial charge in [0.1, 0.15) is 0 Å². The molecule has 1 aliphatic heterocycles. The Balaban J connectivity index is 1.89. The van der Waals surface area contributed by atoms with Crippen molar-refractivity contribution < 1.29 is 0 Å². The molecule has 0 amide bonds. The molecule has 88 valence electrons. The third kappa shape index (κ3) is 2.83. The molecule has 2 unspecified atom stereocenters. The van der Waals surface area contributed by atoms with E-state index >= 15 is 0 Å². The average Bonchev–Trinajstić information content (AvgIpc) is 2.83. The van der Waals surface area contributed by atoms with Gasteiger partial charge in [-0.3, -0.25) is 0 Å². The van der Waals surface area contributed by atoms with Crippen LogP contribution in [0, 0.1) is 0 Å². The van der Waals surface area contributed by atoms with Crippen LogP contribution in [-0.2, 0) is 0 Å². The van der Waals surface area contributed by atoms with E-state index in [-0.39, 0.29) is 0 Å². The zero-order valence-electron chi connectivity index (χ0n) is 10.3. The van der Waals surface area contributed by atoms with E-state index in [1.54, 1.807) is 0 Å². The lowest BCUT2D eigenvalue weighted by molar-refractivity contribution is 0.245. The van der Waals surface area contributed by atoms with Crippen molar-refractivity contribution >= 4 is 0 Å². The van der Waals surface area contributed by atoms with Crippen molar-refractivity contribution in [2.24, 2.45) is 0 Å². The largest absolute Gasteiger partial charge is 0.315 e. The molecule has 1 aromatic carbocycles. The van der Waals surface area contributed by atoms with Crippen molar-refractivity contribution in [3.05, 3.63) is 35.9 Å². The summed E-state index contributed by atoms with van der Waals surface area (Å²) in [6.07, 6.45) is 1.29. The highest BCUT2D eigenvalue weighted by Crippen LogP contribution is 2.17. The highest BCUT2D eigenvalue weighted by atomic mass is 15.2. The van der Waals surface area contributed by atoms with Crippen LogP contribution in [0.1, 0.15) is 24.8 Å². The molecule has 0 spiro atoms. The first kappa shape index (κ1) is 11.6. The Morgan fingerprint density at radius 2 is 2.12 bits per heavy atom. The van der Waals surface area contributed by atoms with Crippen molar-refractivity contribution in [2.45, 2.75) is 25.3 Å². The molecule has 0 radical (unpaired) electrons. The average molecular weight is 218 g/mol. The maximum absolute atomic E-state index is 3.42. The molecule has 2 heteroatoms. The fourth-order valence-corrected chi connectivity index (χ4v) is 2.48. The predicted octanol–water partition coefficient (Wildman–Crippen LogP) is 2.08. The first-order valence-electron chi connectivity index (χ1n) is 6.23. The third-order valence-electron chi connectivity index (χ3n) is 3.59. The SMILES string of the molecule is CC(CN(C)C1CCNC1)c1ccccc1. The first-order valence-corrected chi connectivity index (χ1v) is 6.23. The van der Waals surface area contributed by atoms with Crippen LogP contribution in [0.4, 0.5) is 0 Å². The molecule has 2 atom stereocenters. The molecule has 0 bridgehead atoms. The van der Waals surface area contributed by atoms with Crippen LogP contribution >= 0.6 is 0 Å². The van der Waals surface area contributed by atoms with E-state index in [2.05, 4.69) is 54.5 Å². The van der Waals surface area contributed by atoms with Crippen LogP contribution in [0.5, 0.6) is 0 Å². The summed E-state index contributed by atoms with van der Waals surface area (Å²) in [7, 11) is 2.25. The molecule has 1 saturated heterocycles. The van der Waals surface area contributed by atoms with Gasteiger partial charge in [0.25, 0.3) is 0 Å². The Labute approximate surface area is 98.7 Å². The predicted molar refractivity (Wildman–Crippen MR) is 68.8 cm³/mol. The van der Waals surface area contributed by atoms with Crippen LogP contribution in [0.2, 0.25) is 0 Å². The highest BCUT2D eigenvalue weighted by Gasteiger charge is 2.20. The summed E-state index contributed by atoms with van der Waals surface area (Å²) >= 11 is 0. The van der Waals surface area contributed by atoms with E-state index in [1.807, 2.05) is 0 Å². The van der Waals surface area contributed by atoms with Crippen molar-refractivity contribution in [3.63, 3.8) is 0 Å². The lowest BCUT2D eigenvalue weighted by Gasteiger charge is -2.26. The molecular weight excluding hydrogens is 196 g/mol. The van der Waals surface area contributed by atoms with E-state index < -0.39 is 0 Å². The minimum atomic E-state index is 0.617. The monoisotopic (exact) mass is 218 g/mol. The fourth-order valence-electron chi connectivity index (χ4n) is 2.48. The molecule has 16 heavy (non-hydrogen) atoms. The molecule has 1 aliphatic rings. The number of likely N-dealkylation sites (N-methyl/N-ethyl adjacent to an activating group) is 1. The van der Waals surface area contributed by atoms with E-state index in [9.17, 15) is 0 Å². The summed E-state index contributed by atoms with van der Waals surface area (Å²) in [4.78, 5) is 2.50. The highest BCUT2D eigenvalue weighted by molar-refractivity contribution is 5.19. The van der Waals surface area contributed by atoms with Crippen LogP contribution in [0.15, 0.2) is 30.3 Å². The number of hydrogen-bond acceptors (Lipinski definition) is 2. The van der Waals surface area contributed by atoms with Crippen LogP contribution in [-0.4, -0.2) is 37.6 Å². The molecule has 0 saturated carbocycles. The second-order valence-corrected chi connectivity index (χ2v) is 4.90. The van der Waals surface area contributed by atoms with Crippen LogP contribution < -0.4 is 5.32 Å². The van der Waals surface area contributed by atoms with Gasteiger partial charge in [-0.15, -0.1) is 0 Å². The summed E-state index contributed by atoms with van der Waals surface area (Å²) in [5.74, 6) is 0.617. The van der Waals surface area contributed by atoms with Crippen molar-refractivity contribution in [3.8, 4) is 0 Å². The zero-order valence-corrected chi connectivity index (χ0v) is 10.3. The second kappa shape index (κ2) is 5.46. The summed E-state index contributed by atoms with van der Waals surface area (Å²) in [6.45, 7) is 5.79. The standard InChI is InChI=1S/C14H22N2/c1-12(13-6-4-3-5-7-13)11-16(2)14-8-9-15-10-14/h3-7,12,14-15H,8-11H2,1-2H3. The minimum Gasteiger partial charge on any atom is -0.315 e. The minimum absolute atomic E-state index is 0.617. The molecule has 2 rings (SSSR count). The fraction of sp³-hybridized carbons (Fsp3) is 0.571. The topological polar surface area (TPSA) is 15.3 Å². The van der Waals surface area contributed by atoms with E-state index in [1.165, 1.54) is 18.5 Å².